The molecule has 0 atom stereocenters. The van der Waals surface area contributed by atoms with Crippen molar-refractivity contribution < 1.29 is 14.3 Å². The highest BCUT2D eigenvalue weighted by atomic mass is 16.5. The summed E-state index contributed by atoms with van der Waals surface area (Å²) in [5, 5.41) is 5.73. The lowest BCUT2D eigenvalue weighted by Crippen LogP contribution is -2.29. The van der Waals surface area contributed by atoms with Crippen LogP contribution in [-0.4, -0.2) is 18.4 Å². The van der Waals surface area contributed by atoms with Crippen molar-refractivity contribution in [2.45, 2.75) is 32.7 Å². The van der Waals surface area contributed by atoms with E-state index in [4.69, 9.17) is 4.74 Å². The predicted molar refractivity (Wildman–Crippen MR) is 96.6 cm³/mol. The van der Waals surface area contributed by atoms with Crippen LogP contribution in [0.1, 0.15) is 30.5 Å². The third-order valence-corrected chi connectivity index (χ3v) is 4.52. The second kappa shape index (κ2) is 6.59. The van der Waals surface area contributed by atoms with E-state index < -0.39 is 5.41 Å². The number of hydrogen-bond donors (Lipinski definition) is 2. The molecule has 2 aromatic carbocycles. The number of benzene rings is 2. The van der Waals surface area contributed by atoms with Crippen LogP contribution in [0, 0.1) is 6.92 Å². The molecular weight excluding hydrogens is 316 g/mol. The Labute approximate surface area is 147 Å². The minimum atomic E-state index is -0.552. The van der Waals surface area contributed by atoms with Gasteiger partial charge in [-0.2, -0.15) is 0 Å². The molecule has 0 fully saturated rings. The van der Waals surface area contributed by atoms with Crippen LogP contribution < -0.4 is 15.4 Å². The molecule has 1 heterocycles. The summed E-state index contributed by atoms with van der Waals surface area (Å²) in [6.45, 7) is 6.10. The number of carbonyl (C=O) groups excluding carboxylic acids is 2. The highest BCUT2D eigenvalue weighted by Gasteiger charge is 2.38. The van der Waals surface area contributed by atoms with Gasteiger partial charge in [0.1, 0.15) is 5.75 Å². The van der Waals surface area contributed by atoms with Crippen molar-refractivity contribution in [1.82, 2.24) is 5.32 Å². The van der Waals surface area contributed by atoms with Crippen LogP contribution in [0.3, 0.4) is 0 Å². The van der Waals surface area contributed by atoms with Gasteiger partial charge in [-0.05, 0) is 49.6 Å². The Bertz CT molecular complexity index is 827. The van der Waals surface area contributed by atoms with Crippen molar-refractivity contribution in [2.75, 3.05) is 11.9 Å². The molecule has 25 heavy (non-hydrogen) atoms. The monoisotopic (exact) mass is 338 g/mol. The van der Waals surface area contributed by atoms with Crippen LogP contribution in [0.25, 0.3) is 0 Å². The maximum Gasteiger partial charge on any atom is 0.258 e. The van der Waals surface area contributed by atoms with Gasteiger partial charge in [0.25, 0.3) is 5.91 Å². The van der Waals surface area contributed by atoms with Crippen molar-refractivity contribution in [1.29, 1.82) is 0 Å². The SMILES string of the molecule is Cc1ccccc1OCC(=O)NCc1ccc2c(c1)C(C)(C)C(=O)N2. The number of hydrogen-bond acceptors (Lipinski definition) is 3. The summed E-state index contributed by atoms with van der Waals surface area (Å²) in [7, 11) is 0. The average molecular weight is 338 g/mol. The van der Waals surface area contributed by atoms with E-state index in [0.29, 0.717) is 12.3 Å². The Morgan fingerprint density at radius 1 is 1.20 bits per heavy atom. The molecule has 0 radical (unpaired) electrons. The Morgan fingerprint density at radius 3 is 2.72 bits per heavy atom. The standard InChI is InChI=1S/C20H22N2O3/c1-13-6-4-5-7-17(13)25-12-18(23)21-11-14-8-9-16-15(10-14)20(2,3)19(24)22-16/h4-10H,11-12H2,1-3H3,(H,21,23)(H,22,24). The summed E-state index contributed by atoms with van der Waals surface area (Å²) in [5.41, 5.74) is 3.19. The number of anilines is 1. The zero-order valence-corrected chi connectivity index (χ0v) is 14.7. The molecule has 0 bridgehead atoms. The molecule has 0 unspecified atom stereocenters. The van der Waals surface area contributed by atoms with E-state index in [0.717, 1.165) is 22.4 Å². The molecule has 1 aliphatic heterocycles. The highest BCUT2D eigenvalue weighted by Crippen LogP contribution is 2.37. The Hall–Kier alpha value is -2.82. The minimum Gasteiger partial charge on any atom is -0.484 e. The molecule has 130 valence electrons. The molecule has 2 aromatic rings. The first-order valence-corrected chi connectivity index (χ1v) is 8.28. The van der Waals surface area contributed by atoms with E-state index in [9.17, 15) is 9.59 Å². The van der Waals surface area contributed by atoms with E-state index in [2.05, 4.69) is 10.6 Å². The lowest BCUT2D eigenvalue weighted by atomic mass is 9.85. The van der Waals surface area contributed by atoms with Gasteiger partial charge >= 0.3 is 0 Å². The van der Waals surface area contributed by atoms with E-state index in [1.165, 1.54) is 0 Å². The van der Waals surface area contributed by atoms with Crippen LogP contribution in [0.4, 0.5) is 5.69 Å². The molecule has 1 aliphatic rings. The summed E-state index contributed by atoms with van der Waals surface area (Å²) in [6.07, 6.45) is 0. The third kappa shape index (κ3) is 3.50. The predicted octanol–water partition coefficient (Wildman–Crippen LogP) is 2.92. The quantitative estimate of drug-likeness (QED) is 0.881. The third-order valence-electron chi connectivity index (χ3n) is 4.52. The second-order valence-electron chi connectivity index (χ2n) is 6.79. The topological polar surface area (TPSA) is 67.4 Å². The fourth-order valence-corrected chi connectivity index (χ4v) is 2.84. The lowest BCUT2D eigenvalue weighted by molar-refractivity contribution is -0.123. The summed E-state index contributed by atoms with van der Waals surface area (Å²) < 4.78 is 5.54. The molecule has 0 saturated heterocycles. The normalized spacial score (nSPS) is 14.6. The zero-order chi connectivity index (χ0) is 18.0. The van der Waals surface area contributed by atoms with Crippen LogP contribution in [-0.2, 0) is 21.5 Å². The molecular formula is C20H22N2O3. The highest BCUT2D eigenvalue weighted by molar-refractivity contribution is 6.05. The Balaban J connectivity index is 1.58. The second-order valence-corrected chi connectivity index (χ2v) is 6.79. The number of carbonyl (C=O) groups is 2. The first kappa shape index (κ1) is 17.0. The Kier molecular flexibility index (Phi) is 4.49. The summed E-state index contributed by atoms with van der Waals surface area (Å²) in [4.78, 5) is 24.0. The van der Waals surface area contributed by atoms with E-state index in [1.54, 1.807) is 0 Å². The number of amides is 2. The van der Waals surface area contributed by atoms with E-state index in [1.807, 2.05) is 63.2 Å². The molecule has 5 heteroatoms. The Morgan fingerprint density at radius 2 is 1.96 bits per heavy atom. The van der Waals surface area contributed by atoms with Gasteiger partial charge in [0.05, 0.1) is 5.41 Å². The molecule has 0 saturated carbocycles. The first-order valence-electron chi connectivity index (χ1n) is 8.28. The van der Waals surface area contributed by atoms with Gasteiger partial charge in [0.2, 0.25) is 5.91 Å². The number of rotatable bonds is 5. The van der Waals surface area contributed by atoms with Gasteiger partial charge in [-0.15, -0.1) is 0 Å². The van der Waals surface area contributed by atoms with Gasteiger partial charge in [0, 0.05) is 12.2 Å². The lowest BCUT2D eigenvalue weighted by Gasteiger charge is -2.16. The number of nitrogens with one attached hydrogen (secondary N) is 2. The van der Waals surface area contributed by atoms with Crippen molar-refractivity contribution in [3.05, 3.63) is 59.2 Å². The largest absolute Gasteiger partial charge is 0.484 e. The maximum absolute atomic E-state index is 12.0. The molecule has 0 aromatic heterocycles. The molecule has 2 amide bonds. The number of para-hydroxylation sites is 1. The molecule has 0 spiro atoms. The van der Waals surface area contributed by atoms with Crippen LogP contribution in [0.15, 0.2) is 42.5 Å². The molecule has 0 aliphatic carbocycles. The smallest absolute Gasteiger partial charge is 0.258 e. The van der Waals surface area contributed by atoms with E-state index >= 15 is 0 Å². The van der Waals surface area contributed by atoms with Crippen molar-refractivity contribution >= 4 is 17.5 Å². The fourth-order valence-electron chi connectivity index (χ4n) is 2.84. The van der Waals surface area contributed by atoms with Gasteiger partial charge in [-0.3, -0.25) is 9.59 Å². The summed E-state index contributed by atoms with van der Waals surface area (Å²) in [6, 6.07) is 13.3. The van der Waals surface area contributed by atoms with Gasteiger partial charge < -0.3 is 15.4 Å². The van der Waals surface area contributed by atoms with Gasteiger partial charge in [-0.25, -0.2) is 0 Å². The first-order chi connectivity index (χ1) is 11.9. The number of aryl methyl sites for hydroxylation is 1. The zero-order valence-electron chi connectivity index (χ0n) is 14.7. The molecule has 2 N–H and O–H groups in total. The van der Waals surface area contributed by atoms with E-state index in [-0.39, 0.29) is 18.4 Å². The maximum atomic E-state index is 12.0. The van der Waals surface area contributed by atoms with Crippen LogP contribution in [0.5, 0.6) is 5.75 Å². The number of ether oxygens (including phenoxy) is 1. The van der Waals surface area contributed by atoms with Crippen molar-refractivity contribution in [3.63, 3.8) is 0 Å². The summed E-state index contributed by atoms with van der Waals surface area (Å²) >= 11 is 0. The fraction of sp³-hybridized carbons (Fsp3) is 0.300. The number of fused-ring (bicyclic) bond motifs is 1. The minimum absolute atomic E-state index is 0.00434. The summed E-state index contributed by atoms with van der Waals surface area (Å²) in [5.74, 6) is 0.522. The average Bonchev–Trinajstić information content (AvgIpc) is 2.81. The van der Waals surface area contributed by atoms with Crippen LogP contribution >= 0.6 is 0 Å². The van der Waals surface area contributed by atoms with Gasteiger partial charge in [-0.1, -0.05) is 30.3 Å². The van der Waals surface area contributed by atoms with Crippen LogP contribution in [0.2, 0.25) is 0 Å². The van der Waals surface area contributed by atoms with Gasteiger partial charge in [0.15, 0.2) is 6.61 Å². The van der Waals surface area contributed by atoms with Crippen molar-refractivity contribution in [2.24, 2.45) is 0 Å². The van der Waals surface area contributed by atoms with Crippen molar-refractivity contribution in [3.8, 4) is 5.75 Å². The molecule has 3 rings (SSSR count). The molecule has 5 nitrogen and oxygen atoms in total.